The van der Waals surface area contributed by atoms with Gasteiger partial charge in [-0.3, -0.25) is 0 Å². The predicted octanol–water partition coefficient (Wildman–Crippen LogP) is 4.21. The molecule has 1 saturated carbocycles. The van der Waals surface area contributed by atoms with Crippen molar-refractivity contribution >= 4 is 38.7 Å². The monoisotopic (exact) mass is 550 g/mol. The number of halogens is 1. The molecule has 1 atom stereocenters. The van der Waals surface area contributed by atoms with E-state index in [9.17, 15) is 4.79 Å². The van der Waals surface area contributed by atoms with Crippen LogP contribution in [0, 0.1) is 0 Å². The quantitative estimate of drug-likeness (QED) is 0.354. The topological polar surface area (TPSA) is 69.7 Å². The van der Waals surface area contributed by atoms with Gasteiger partial charge in [0.1, 0.15) is 0 Å². The van der Waals surface area contributed by atoms with E-state index >= 15 is 0 Å². The molecule has 0 saturated heterocycles. The minimum atomic E-state index is -0.269. The Hall–Kier alpha value is -1.91. The molecular weight excluding hydrogens is 515 g/mol. The van der Waals surface area contributed by atoms with Crippen molar-refractivity contribution in [2.75, 3.05) is 26.4 Å². The standard InChI is InChI=1S/C26H36AsClN2O4/c1-4-32-22-19(23(33-5-2)24(34-6-3)20(27)21(22)28)25(31)30-17-26(13-9-7-8-10-14-26)18-12-11-15-29-16-18/h11-12,15-16H,4-10,13-14,17,27H2,1-3H3,(H,30,31). The minimum absolute atomic E-state index is 0.154. The van der Waals surface area contributed by atoms with Gasteiger partial charge in [-0.2, -0.15) is 0 Å². The second-order valence-electron chi connectivity index (χ2n) is 8.51. The van der Waals surface area contributed by atoms with Gasteiger partial charge in [-0.05, 0) is 0 Å². The summed E-state index contributed by atoms with van der Waals surface area (Å²) in [5, 5.41) is 3.61. The van der Waals surface area contributed by atoms with Crippen LogP contribution in [0.4, 0.5) is 0 Å². The van der Waals surface area contributed by atoms with E-state index < -0.39 is 0 Å². The first-order chi connectivity index (χ1) is 16.5. The molecule has 1 aliphatic rings. The van der Waals surface area contributed by atoms with Crippen LogP contribution in [0.2, 0.25) is 5.02 Å². The zero-order valence-corrected chi connectivity index (χ0v) is 23.6. The normalized spacial score (nSPS) is 15.3. The molecule has 0 bridgehead atoms. The molecule has 1 heterocycles. The number of carbonyl (C=O) groups is 1. The summed E-state index contributed by atoms with van der Waals surface area (Å²) in [7, 11) is 0. The summed E-state index contributed by atoms with van der Waals surface area (Å²) in [5.74, 6) is 0.990. The molecule has 2 aromatic rings. The van der Waals surface area contributed by atoms with Crippen molar-refractivity contribution in [3.8, 4) is 17.2 Å². The Morgan fingerprint density at radius 2 is 1.65 bits per heavy atom. The van der Waals surface area contributed by atoms with Crippen LogP contribution in [-0.2, 0) is 5.41 Å². The third-order valence-corrected chi connectivity index (χ3v) is 8.27. The average Bonchev–Trinajstić information content (AvgIpc) is 3.11. The summed E-state index contributed by atoms with van der Waals surface area (Å²) in [6, 6.07) is 4.10. The van der Waals surface area contributed by atoms with E-state index in [0.717, 1.165) is 30.0 Å². The molecule has 1 aliphatic carbocycles. The Morgan fingerprint density at radius 3 is 2.24 bits per heavy atom. The van der Waals surface area contributed by atoms with Crippen molar-refractivity contribution in [3.63, 3.8) is 0 Å². The van der Waals surface area contributed by atoms with E-state index in [2.05, 4.69) is 16.4 Å². The van der Waals surface area contributed by atoms with E-state index in [1.165, 1.54) is 35.3 Å². The number of hydrogen-bond acceptors (Lipinski definition) is 5. The molecule has 1 amide bonds. The van der Waals surface area contributed by atoms with E-state index in [1.807, 2.05) is 33.0 Å². The first kappa shape index (κ1) is 26.7. The number of ether oxygens (including phenoxy) is 3. The molecule has 1 aromatic heterocycles. The zero-order valence-electron chi connectivity index (χ0n) is 20.4. The number of rotatable bonds is 10. The van der Waals surface area contributed by atoms with Crippen LogP contribution in [0.3, 0.4) is 0 Å². The molecule has 34 heavy (non-hydrogen) atoms. The van der Waals surface area contributed by atoms with Crippen LogP contribution in [-0.4, -0.2) is 54.1 Å². The summed E-state index contributed by atoms with van der Waals surface area (Å²) >= 11 is 7.99. The van der Waals surface area contributed by atoms with Gasteiger partial charge in [-0.1, -0.05) is 0 Å². The van der Waals surface area contributed by atoms with Gasteiger partial charge in [-0.15, -0.1) is 0 Å². The summed E-state index contributed by atoms with van der Waals surface area (Å²) < 4.78 is 18.5. The molecule has 6 nitrogen and oxygen atoms in total. The molecule has 1 unspecified atom stereocenters. The summed E-state index contributed by atoms with van der Waals surface area (Å²) in [6.45, 7) is 7.37. The number of nitrogens with one attached hydrogen (secondary N) is 1. The fraction of sp³-hybridized carbons (Fsp3) is 0.538. The van der Waals surface area contributed by atoms with Crippen molar-refractivity contribution in [2.24, 2.45) is 0 Å². The van der Waals surface area contributed by atoms with E-state index in [1.54, 1.807) is 6.20 Å². The van der Waals surface area contributed by atoms with Crippen LogP contribution in [0.25, 0.3) is 0 Å². The third kappa shape index (κ3) is 5.83. The molecule has 186 valence electrons. The molecule has 0 radical (unpaired) electrons. The number of pyridine rings is 1. The van der Waals surface area contributed by atoms with Crippen LogP contribution < -0.4 is 23.9 Å². The summed E-state index contributed by atoms with van der Waals surface area (Å²) in [6.07, 6.45) is 10.4. The molecule has 0 aliphatic heterocycles. The first-order valence-electron chi connectivity index (χ1n) is 12.2. The second-order valence-corrected chi connectivity index (χ2v) is 10.1. The number of benzene rings is 1. The van der Waals surface area contributed by atoms with Gasteiger partial charge in [0.15, 0.2) is 0 Å². The number of hydrogen-bond donors (Lipinski definition) is 1. The zero-order chi connectivity index (χ0) is 24.6. The van der Waals surface area contributed by atoms with Crippen molar-refractivity contribution in [2.45, 2.75) is 64.7 Å². The molecule has 1 N–H and O–H groups in total. The second kappa shape index (κ2) is 12.7. The van der Waals surface area contributed by atoms with Gasteiger partial charge >= 0.3 is 217 Å². The Kier molecular flexibility index (Phi) is 9.96. The molecule has 0 spiro atoms. The van der Waals surface area contributed by atoms with Crippen LogP contribution in [0.15, 0.2) is 24.5 Å². The molecular formula is C26H36AsClN2O4. The average molecular weight is 551 g/mol. The Bertz CT molecular complexity index is 963. The van der Waals surface area contributed by atoms with Gasteiger partial charge in [-0.25, -0.2) is 0 Å². The third-order valence-electron chi connectivity index (χ3n) is 6.36. The maximum atomic E-state index is 13.8. The van der Waals surface area contributed by atoms with Crippen LogP contribution >= 0.6 is 11.6 Å². The number of nitrogens with zero attached hydrogens (tertiary/aromatic N) is 1. The first-order valence-corrected chi connectivity index (χ1v) is 13.8. The summed E-state index contributed by atoms with van der Waals surface area (Å²) in [4.78, 5) is 18.1. The number of amides is 1. The molecule has 1 fully saturated rings. The van der Waals surface area contributed by atoms with Gasteiger partial charge < -0.3 is 0 Å². The Balaban J connectivity index is 2.02. The Labute approximate surface area is 216 Å². The van der Waals surface area contributed by atoms with Crippen molar-refractivity contribution in [3.05, 3.63) is 40.7 Å². The number of aromatic nitrogens is 1. The van der Waals surface area contributed by atoms with Crippen molar-refractivity contribution in [1.29, 1.82) is 0 Å². The van der Waals surface area contributed by atoms with E-state index in [4.69, 9.17) is 25.8 Å². The van der Waals surface area contributed by atoms with Crippen molar-refractivity contribution < 1.29 is 19.0 Å². The van der Waals surface area contributed by atoms with Crippen LogP contribution in [0.1, 0.15) is 75.2 Å². The molecule has 3 rings (SSSR count). The van der Waals surface area contributed by atoms with E-state index in [-0.39, 0.29) is 11.3 Å². The molecule has 1 aromatic carbocycles. The van der Waals surface area contributed by atoms with E-state index in [0.29, 0.717) is 54.2 Å². The van der Waals surface area contributed by atoms with Crippen LogP contribution in [0.5, 0.6) is 17.2 Å². The SMILES string of the molecule is CCOc1c([AsH2])c(Cl)c(OCC)c(C(=O)NCC2(c3cccnc3)CCCCCC2)c1OCC. The fourth-order valence-corrected chi connectivity index (χ4v) is 5.67. The predicted molar refractivity (Wildman–Crippen MR) is 139 cm³/mol. The van der Waals surface area contributed by atoms with Gasteiger partial charge in [0.05, 0.1) is 0 Å². The molecule has 8 heteroatoms. The maximum absolute atomic E-state index is 13.8. The fourth-order valence-electron chi connectivity index (χ4n) is 4.71. The van der Waals surface area contributed by atoms with Crippen molar-refractivity contribution in [1.82, 2.24) is 10.3 Å². The van der Waals surface area contributed by atoms with Gasteiger partial charge in [0, 0.05) is 0 Å². The van der Waals surface area contributed by atoms with Gasteiger partial charge in [0.25, 0.3) is 0 Å². The Morgan fingerprint density at radius 1 is 1.03 bits per heavy atom. The summed E-state index contributed by atoms with van der Waals surface area (Å²) in [5.41, 5.74) is 1.32. The number of carbonyl (C=O) groups excluding carboxylic acids is 1. The van der Waals surface area contributed by atoms with Gasteiger partial charge in [0.2, 0.25) is 0 Å².